The van der Waals surface area contributed by atoms with Gasteiger partial charge in [0.2, 0.25) is 15.9 Å². The highest BCUT2D eigenvalue weighted by Crippen LogP contribution is 2.23. The highest BCUT2D eigenvalue weighted by atomic mass is 35.5. The zero-order valence-corrected chi connectivity index (χ0v) is 16.6. The first-order valence-corrected chi connectivity index (χ1v) is 10.5. The smallest absolute Gasteiger partial charge is 0.246 e. The lowest BCUT2D eigenvalue weighted by molar-refractivity contribution is -0.127. The average Bonchev–Trinajstić information content (AvgIpc) is 2.62. The Balaban J connectivity index is 1.93. The molecule has 5 nitrogen and oxygen atoms in total. The van der Waals surface area contributed by atoms with Crippen molar-refractivity contribution in [1.82, 2.24) is 9.21 Å². The molecular formula is C17H22Cl2N2O3S. The lowest BCUT2D eigenvalue weighted by atomic mass is 10.1. The molecule has 1 fully saturated rings. The van der Waals surface area contributed by atoms with Gasteiger partial charge in [0, 0.05) is 32.3 Å². The summed E-state index contributed by atoms with van der Waals surface area (Å²) in [6.07, 6.45) is 4.49. The summed E-state index contributed by atoms with van der Waals surface area (Å²) in [7, 11) is -1.58. The molecular weight excluding hydrogens is 383 g/mol. The van der Waals surface area contributed by atoms with Gasteiger partial charge in [0.1, 0.15) is 0 Å². The number of amides is 1. The number of piperidine rings is 1. The summed E-state index contributed by atoms with van der Waals surface area (Å²) >= 11 is 11.8. The zero-order valence-electron chi connectivity index (χ0n) is 14.3. The summed E-state index contributed by atoms with van der Waals surface area (Å²) in [5.41, 5.74) is 0.798. The van der Waals surface area contributed by atoms with Crippen molar-refractivity contribution < 1.29 is 13.2 Å². The number of benzene rings is 1. The third-order valence-electron chi connectivity index (χ3n) is 4.46. The van der Waals surface area contributed by atoms with Crippen molar-refractivity contribution in [3.8, 4) is 0 Å². The molecule has 0 unspecified atom stereocenters. The Morgan fingerprint density at radius 2 is 1.92 bits per heavy atom. The van der Waals surface area contributed by atoms with Crippen LogP contribution in [-0.2, 0) is 14.8 Å². The van der Waals surface area contributed by atoms with Gasteiger partial charge < -0.3 is 4.90 Å². The maximum atomic E-state index is 12.3. The molecule has 2 rings (SSSR count). The number of hydrogen-bond acceptors (Lipinski definition) is 3. The van der Waals surface area contributed by atoms with E-state index in [1.54, 1.807) is 43.1 Å². The number of halogens is 2. The largest absolute Gasteiger partial charge is 0.339 e. The lowest BCUT2D eigenvalue weighted by Crippen LogP contribution is -2.47. The number of nitrogens with zero attached hydrogens (tertiary/aromatic N) is 2. The SMILES string of the molecule is CCS(=O)(=O)N(C)C1CCN(C(=O)C=Cc2ccc(Cl)c(Cl)c2)CC1. The van der Waals surface area contributed by atoms with Crippen LogP contribution in [0.3, 0.4) is 0 Å². The molecule has 1 saturated heterocycles. The van der Waals surface area contributed by atoms with Gasteiger partial charge in [-0.2, -0.15) is 0 Å². The molecule has 0 atom stereocenters. The molecule has 0 aliphatic carbocycles. The van der Waals surface area contributed by atoms with Crippen LogP contribution in [0.2, 0.25) is 10.0 Å². The van der Waals surface area contributed by atoms with Crippen molar-refractivity contribution in [3.63, 3.8) is 0 Å². The number of carbonyl (C=O) groups is 1. The summed E-state index contributed by atoms with van der Waals surface area (Å²) in [6, 6.07) is 5.12. The molecule has 8 heteroatoms. The Morgan fingerprint density at radius 1 is 1.28 bits per heavy atom. The first-order chi connectivity index (χ1) is 11.7. The molecule has 1 aliphatic heterocycles. The third kappa shape index (κ3) is 5.20. The van der Waals surface area contributed by atoms with Gasteiger partial charge in [-0.1, -0.05) is 29.3 Å². The molecule has 0 aromatic heterocycles. The van der Waals surface area contributed by atoms with E-state index in [1.807, 2.05) is 0 Å². The summed E-state index contributed by atoms with van der Waals surface area (Å²) in [5.74, 6) is 0.000189. The second kappa shape index (κ2) is 8.54. The predicted octanol–water partition coefficient (Wildman–Crippen LogP) is 3.28. The first-order valence-electron chi connectivity index (χ1n) is 8.12. The van der Waals surface area contributed by atoms with Crippen LogP contribution in [0.15, 0.2) is 24.3 Å². The Hall–Kier alpha value is -1.08. The molecule has 0 bridgehead atoms. The van der Waals surface area contributed by atoms with Crippen molar-refractivity contribution >= 4 is 45.2 Å². The molecule has 0 spiro atoms. The van der Waals surface area contributed by atoms with Gasteiger partial charge >= 0.3 is 0 Å². The average molecular weight is 405 g/mol. The zero-order chi connectivity index (χ0) is 18.6. The van der Waals surface area contributed by atoms with E-state index in [4.69, 9.17) is 23.2 Å². The molecule has 1 aromatic rings. The number of likely N-dealkylation sites (tertiary alicyclic amines) is 1. The van der Waals surface area contributed by atoms with Crippen LogP contribution < -0.4 is 0 Å². The minimum Gasteiger partial charge on any atom is -0.339 e. The van der Waals surface area contributed by atoms with E-state index in [1.165, 1.54) is 10.4 Å². The van der Waals surface area contributed by atoms with Crippen molar-refractivity contribution in [2.75, 3.05) is 25.9 Å². The molecule has 25 heavy (non-hydrogen) atoms. The minimum atomic E-state index is -3.20. The van der Waals surface area contributed by atoms with Gasteiger partial charge in [-0.25, -0.2) is 12.7 Å². The van der Waals surface area contributed by atoms with Crippen molar-refractivity contribution in [3.05, 3.63) is 39.9 Å². The van der Waals surface area contributed by atoms with Crippen LogP contribution >= 0.6 is 23.2 Å². The molecule has 1 amide bonds. The molecule has 1 heterocycles. The maximum absolute atomic E-state index is 12.3. The van der Waals surface area contributed by atoms with Gasteiger partial charge in [0.15, 0.2) is 0 Å². The minimum absolute atomic E-state index is 0.0481. The van der Waals surface area contributed by atoms with Crippen molar-refractivity contribution in [2.24, 2.45) is 0 Å². The topological polar surface area (TPSA) is 57.7 Å². The quantitative estimate of drug-likeness (QED) is 0.707. The Bertz CT molecular complexity index is 757. The third-order valence-corrected chi connectivity index (χ3v) is 7.10. The standard InChI is InChI=1S/C17H22Cl2N2O3S/c1-3-25(23,24)20(2)14-8-10-21(11-9-14)17(22)7-5-13-4-6-15(18)16(19)12-13/h4-7,12,14H,3,8-11H2,1-2H3. The van der Waals surface area contributed by atoms with E-state index in [0.29, 0.717) is 36.0 Å². The molecule has 138 valence electrons. The lowest BCUT2D eigenvalue weighted by Gasteiger charge is -2.35. The van der Waals surface area contributed by atoms with Crippen molar-refractivity contribution in [2.45, 2.75) is 25.8 Å². The number of sulfonamides is 1. The Kier molecular flexibility index (Phi) is 6.91. The molecule has 0 radical (unpaired) electrons. The van der Waals surface area contributed by atoms with Crippen molar-refractivity contribution in [1.29, 1.82) is 0 Å². The highest BCUT2D eigenvalue weighted by Gasteiger charge is 2.29. The number of carbonyl (C=O) groups excluding carboxylic acids is 1. The molecule has 1 aliphatic rings. The van der Waals surface area contributed by atoms with Gasteiger partial charge in [-0.15, -0.1) is 0 Å². The highest BCUT2D eigenvalue weighted by molar-refractivity contribution is 7.89. The number of rotatable bonds is 5. The number of hydrogen-bond donors (Lipinski definition) is 0. The normalized spacial score (nSPS) is 16.8. The maximum Gasteiger partial charge on any atom is 0.246 e. The van der Waals surface area contributed by atoms with Crippen LogP contribution in [0, 0.1) is 0 Å². The fourth-order valence-corrected chi connectivity index (χ4v) is 4.15. The molecule has 0 saturated carbocycles. The van der Waals surface area contributed by atoms with Gasteiger partial charge in [-0.05, 0) is 43.5 Å². The van der Waals surface area contributed by atoms with Crippen LogP contribution in [0.25, 0.3) is 6.08 Å². The first kappa shape index (κ1) is 20.2. The van der Waals surface area contributed by atoms with Gasteiger partial charge in [-0.3, -0.25) is 4.79 Å². The Morgan fingerprint density at radius 3 is 2.48 bits per heavy atom. The molecule has 1 aromatic carbocycles. The van der Waals surface area contributed by atoms with Crippen LogP contribution in [0.4, 0.5) is 0 Å². The Labute approximate surface area is 159 Å². The monoisotopic (exact) mass is 404 g/mol. The van der Waals surface area contributed by atoms with E-state index < -0.39 is 10.0 Å². The summed E-state index contributed by atoms with van der Waals surface area (Å²) in [5, 5.41) is 0.913. The molecule has 0 N–H and O–H groups in total. The fourth-order valence-electron chi connectivity index (χ4n) is 2.77. The van der Waals surface area contributed by atoms with Crippen LogP contribution in [0.1, 0.15) is 25.3 Å². The summed E-state index contributed by atoms with van der Waals surface area (Å²) in [4.78, 5) is 14.0. The summed E-state index contributed by atoms with van der Waals surface area (Å²) < 4.78 is 25.3. The predicted molar refractivity (Wildman–Crippen MR) is 102 cm³/mol. The second-order valence-electron chi connectivity index (χ2n) is 5.98. The van der Waals surface area contributed by atoms with E-state index in [0.717, 1.165) is 5.56 Å². The van der Waals surface area contributed by atoms with E-state index in [9.17, 15) is 13.2 Å². The fraction of sp³-hybridized carbons (Fsp3) is 0.471. The van der Waals surface area contributed by atoms with Gasteiger partial charge in [0.05, 0.1) is 15.8 Å². The van der Waals surface area contributed by atoms with Crippen LogP contribution in [-0.4, -0.2) is 55.5 Å². The van der Waals surface area contributed by atoms with E-state index in [2.05, 4.69) is 0 Å². The van der Waals surface area contributed by atoms with Gasteiger partial charge in [0.25, 0.3) is 0 Å². The van der Waals surface area contributed by atoms with E-state index in [-0.39, 0.29) is 17.7 Å². The van der Waals surface area contributed by atoms with Crippen LogP contribution in [0.5, 0.6) is 0 Å². The van der Waals surface area contributed by atoms with E-state index >= 15 is 0 Å². The second-order valence-corrected chi connectivity index (χ2v) is 9.11. The summed E-state index contributed by atoms with van der Waals surface area (Å²) in [6.45, 7) is 2.72.